The maximum absolute atomic E-state index is 12.2. The molecule has 0 saturated carbocycles. The number of aryl methyl sites for hydroxylation is 3. The SMILES string of the molecule is O=C(NCCCc1ccccc1)Nc1nc2c(cc3c4c(cccc42)CC3)s1. The molecule has 0 unspecified atom stereocenters. The highest BCUT2D eigenvalue weighted by atomic mass is 32.1. The normalized spacial score (nSPS) is 12.6. The van der Waals surface area contributed by atoms with Crippen molar-refractivity contribution in [3.8, 4) is 0 Å². The van der Waals surface area contributed by atoms with Crippen LogP contribution in [-0.2, 0) is 19.3 Å². The van der Waals surface area contributed by atoms with Crippen LogP contribution in [0.2, 0.25) is 0 Å². The van der Waals surface area contributed by atoms with Gasteiger partial charge in [-0.1, -0.05) is 59.9 Å². The topological polar surface area (TPSA) is 54.0 Å². The first-order chi connectivity index (χ1) is 13.8. The number of carbonyl (C=O) groups excluding carboxylic acids is 1. The molecule has 5 heteroatoms. The van der Waals surface area contributed by atoms with Crippen molar-refractivity contribution in [3.63, 3.8) is 0 Å². The average molecular weight is 388 g/mol. The predicted octanol–water partition coefficient (Wildman–Crippen LogP) is 5.30. The lowest BCUT2D eigenvalue weighted by Crippen LogP contribution is -2.29. The molecule has 140 valence electrons. The Morgan fingerprint density at radius 1 is 1.04 bits per heavy atom. The highest BCUT2D eigenvalue weighted by molar-refractivity contribution is 7.22. The second kappa shape index (κ2) is 7.24. The van der Waals surface area contributed by atoms with Crippen LogP contribution in [0.15, 0.2) is 54.6 Å². The Bertz CT molecular complexity index is 1170. The summed E-state index contributed by atoms with van der Waals surface area (Å²) in [5.74, 6) is 0. The van der Waals surface area contributed by atoms with Gasteiger partial charge in [0.15, 0.2) is 5.13 Å². The third-order valence-electron chi connectivity index (χ3n) is 5.34. The first kappa shape index (κ1) is 17.2. The summed E-state index contributed by atoms with van der Waals surface area (Å²) in [7, 11) is 0. The van der Waals surface area contributed by atoms with Crippen LogP contribution in [0.3, 0.4) is 0 Å². The first-order valence-corrected chi connectivity index (χ1v) is 10.5. The summed E-state index contributed by atoms with van der Waals surface area (Å²) in [4.78, 5) is 17.0. The molecule has 0 atom stereocenters. The van der Waals surface area contributed by atoms with Gasteiger partial charge in [-0.05, 0) is 53.8 Å². The molecule has 2 amide bonds. The number of amides is 2. The van der Waals surface area contributed by atoms with Gasteiger partial charge in [0.25, 0.3) is 0 Å². The molecule has 4 nitrogen and oxygen atoms in total. The second-order valence-electron chi connectivity index (χ2n) is 7.21. The maximum Gasteiger partial charge on any atom is 0.321 e. The predicted molar refractivity (Wildman–Crippen MR) is 116 cm³/mol. The van der Waals surface area contributed by atoms with E-state index in [1.807, 2.05) is 18.2 Å². The highest BCUT2D eigenvalue weighted by Crippen LogP contribution is 2.38. The third kappa shape index (κ3) is 3.22. The molecule has 0 spiro atoms. The lowest BCUT2D eigenvalue weighted by atomic mass is 10.0. The van der Waals surface area contributed by atoms with Crippen LogP contribution in [0.1, 0.15) is 23.1 Å². The van der Waals surface area contributed by atoms with Crippen LogP contribution in [0.5, 0.6) is 0 Å². The van der Waals surface area contributed by atoms with Gasteiger partial charge in [0.05, 0.1) is 10.2 Å². The molecule has 1 aliphatic rings. The van der Waals surface area contributed by atoms with E-state index in [0.717, 1.165) is 35.9 Å². The molecule has 0 bridgehead atoms. The average Bonchev–Trinajstić information content (AvgIpc) is 3.31. The van der Waals surface area contributed by atoms with Gasteiger partial charge in [-0.2, -0.15) is 0 Å². The molecule has 0 saturated heterocycles. The quantitative estimate of drug-likeness (QED) is 0.456. The molecule has 28 heavy (non-hydrogen) atoms. The number of hydrogen-bond acceptors (Lipinski definition) is 3. The van der Waals surface area contributed by atoms with E-state index in [4.69, 9.17) is 4.98 Å². The summed E-state index contributed by atoms with van der Waals surface area (Å²) in [6.07, 6.45) is 4.07. The van der Waals surface area contributed by atoms with Crippen LogP contribution in [0.4, 0.5) is 9.93 Å². The molecule has 0 fully saturated rings. The summed E-state index contributed by atoms with van der Waals surface area (Å²) in [6.45, 7) is 0.641. The van der Waals surface area contributed by atoms with E-state index in [0.29, 0.717) is 11.7 Å². The van der Waals surface area contributed by atoms with Gasteiger partial charge >= 0.3 is 6.03 Å². The zero-order valence-electron chi connectivity index (χ0n) is 15.5. The van der Waals surface area contributed by atoms with Crippen molar-refractivity contribution < 1.29 is 4.79 Å². The van der Waals surface area contributed by atoms with E-state index < -0.39 is 0 Å². The number of fused-ring (bicyclic) bond motifs is 2. The number of rotatable bonds is 5. The zero-order chi connectivity index (χ0) is 18.9. The molecule has 1 aliphatic carbocycles. The van der Waals surface area contributed by atoms with Crippen molar-refractivity contribution in [1.82, 2.24) is 10.3 Å². The fourth-order valence-corrected chi connectivity index (χ4v) is 4.98. The molecular formula is C23H21N3OS. The number of hydrogen-bond donors (Lipinski definition) is 2. The molecule has 2 N–H and O–H groups in total. The summed E-state index contributed by atoms with van der Waals surface area (Å²) in [5, 5.41) is 9.05. The summed E-state index contributed by atoms with van der Waals surface area (Å²) in [5.41, 5.74) is 5.10. The van der Waals surface area contributed by atoms with E-state index in [-0.39, 0.29) is 6.03 Å². The van der Waals surface area contributed by atoms with Gasteiger partial charge in [0, 0.05) is 11.9 Å². The van der Waals surface area contributed by atoms with E-state index in [1.165, 1.54) is 27.5 Å². The van der Waals surface area contributed by atoms with Crippen molar-refractivity contribution in [2.75, 3.05) is 11.9 Å². The Hall–Kier alpha value is -2.92. The van der Waals surface area contributed by atoms with E-state index in [2.05, 4.69) is 47.0 Å². The Morgan fingerprint density at radius 3 is 2.79 bits per heavy atom. The largest absolute Gasteiger partial charge is 0.338 e. The zero-order valence-corrected chi connectivity index (χ0v) is 16.3. The van der Waals surface area contributed by atoms with Gasteiger partial charge in [-0.3, -0.25) is 5.32 Å². The number of urea groups is 1. The van der Waals surface area contributed by atoms with Crippen LogP contribution in [0.25, 0.3) is 21.0 Å². The van der Waals surface area contributed by atoms with Gasteiger partial charge in [0.2, 0.25) is 0 Å². The Balaban J connectivity index is 1.26. The molecule has 5 rings (SSSR count). The number of benzene rings is 3. The number of nitrogens with one attached hydrogen (secondary N) is 2. The molecule has 3 aromatic carbocycles. The minimum absolute atomic E-state index is 0.190. The maximum atomic E-state index is 12.2. The van der Waals surface area contributed by atoms with Crippen LogP contribution < -0.4 is 10.6 Å². The molecule has 1 heterocycles. The lowest BCUT2D eigenvalue weighted by Gasteiger charge is -2.05. The minimum Gasteiger partial charge on any atom is -0.338 e. The number of thiazole rings is 1. The van der Waals surface area contributed by atoms with Crippen LogP contribution in [-0.4, -0.2) is 17.6 Å². The van der Waals surface area contributed by atoms with E-state index in [1.54, 1.807) is 11.3 Å². The molecule has 1 aromatic heterocycles. The number of carbonyl (C=O) groups is 1. The molecule has 4 aromatic rings. The molecular weight excluding hydrogens is 366 g/mol. The minimum atomic E-state index is -0.190. The number of nitrogens with zero attached hydrogens (tertiary/aromatic N) is 1. The summed E-state index contributed by atoms with van der Waals surface area (Å²) >= 11 is 1.55. The van der Waals surface area contributed by atoms with Gasteiger partial charge in [-0.25, -0.2) is 9.78 Å². The summed E-state index contributed by atoms with van der Waals surface area (Å²) < 4.78 is 1.14. The van der Waals surface area contributed by atoms with Gasteiger partial charge in [-0.15, -0.1) is 0 Å². The van der Waals surface area contributed by atoms with Crippen molar-refractivity contribution in [3.05, 3.63) is 71.3 Å². The van der Waals surface area contributed by atoms with Crippen molar-refractivity contribution >= 4 is 43.5 Å². The van der Waals surface area contributed by atoms with Crippen LogP contribution in [0, 0.1) is 0 Å². The second-order valence-corrected chi connectivity index (χ2v) is 8.24. The Kier molecular flexibility index (Phi) is 4.45. The molecule has 0 radical (unpaired) electrons. The Morgan fingerprint density at radius 2 is 1.89 bits per heavy atom. The standard InChI is InChI=1S/C23H21N3OS/c27-22(24-13-5-8-15-6-2-1-3-7-15)26-23-25-21-18-10-4-9-16-11-12-17(20(16)18)14-19(21)28-23/h1-4,6-7,9-10,14H,5,8,11-13H2,(H2,24,25,26,27). The van der Waals surface area contributed by atoms with Crippen molar-refractivity contribution in [1.29, 1.82) is 0 Å². The van der Waals surface area contributed by atoms with Crippen LogP contribution >= 0.6 is 11.3 Å². The Labute approximate surface area is 167 Å². The smallest absolute Gasteiger partial charge is 0.321 e. The van der Waals surface area contributed by atoms with Gasteiger partial charge in [0.1, 0.15) is 0 Å². The fourth-order valence-electron chi connectivity index (χ4n) is 4.04. The van der Waals surface area contributed by atoms with Crippen molar-refractivity contribution in [2.45, 2.75) is 25.7 Å². The van der Waals surface area contributed by atoms with E-state index in [9.17, 15) is 4.79 Å². The first-order valence-electron chi connectivity index (χ1n) is 9.71. The lowest BCUT2D eigenvalue weighted by molar-refractivity contribution is 0.252. The third-order valence-corrected chi connectivity index (χ3v) is 6.26. The number of aromatic nitrogens is 1. The molecule has 0 aliphatic heterocycles. The van der Waals surface area contributed by atoms with Gasteiger partial charge < -0.3 is 5.32 Å². The monoisotopic (exact) mass is 387 g/mol. The fraction of sp³-hybridized carbons (Fsp3) is 0.217. The van der Waals surface area contributed by atoms with E-state index >= 15 is 0 Å². The summed E-state index contributed by atoms with van der Waals surface area (Å²) in [6, 6.07) is 18.8. The highest BCUT2D eigenvalue weighted by Gasteiger charge is 2.18. The number of anilines is 1. The van der Waals surface area contributed by atoms with Crippen molar-refractivity contribution in [2.24, 2.45) is 0 Å².